The van der Waals surface area contributed by atoms with Gasteiger partial charge < -0.3 is 16.2 Å². The smallest absolute Gasteiger partial charge is 0.365 e. The molecule has 20 heavy (non-hydrogen) atoms. The van der Waals surface area contributed by atoms with Gasteiger partial charge in [0, 0.05) is 25.0 Å². The lowest BCUT2D eigenvalue weighted by molar-refractivity contribution is -0.409. The van der Waals surface area contributed by atoms with E-state index >= 15 is 0 Å². The number of hydrogen-bond donors (Lipinski definition) is 2. The van der Waals surface area contributed by atoms with Gasteiger partial charge in [-0.1, -0.05) is 0 Å². The Bertz CT molecular complexity index is 500. The highest BCUT2D eigenvalue weighted by molar-refractivity contribution is 5.77. The van der Waals surface area contributed by atoms with Crippen LogP contribution in [0, 0.1) is 10.1 Å². The minimum absolute atomic E-state index is 0.000576. The minimum atomic E-state index is -0.666. The third kappa shape index (κ3) is 5.02. The number of amides is 1. The molecule has 8 nitrogen and oxygen atoms in total. The number of nitrogens with zero attached hydrogens (tertiary/aromatic N) is 1. The van der Waals surface area contributed by atoms with Crippen molar-refractivity contribution in [3.63, 3.8) is 0 Å². The van der Waals surface area contributed by atoms with Crippen LogP contribution < -0.4 is 11.5 Å². The van der Waals surface area contributed by atoms with Gasteiger partial charge in [0.15, 0.2) is 6.04 Å². The van der Waals surface area contributed by atoms with Crippen LogP contribution in [-0.4, -0.2) is 22.8 Å². The Kier molecular flexibility index (Phi) is 5.60. The summed E-state index contributed by atoms with van der Waals surface area (Å²) in [7, 11) is 0. The highest BCUT2D eigenvalue weighted by Gasteiger charge is 2.19. The van der Waals surface area contributed by atoms with Crippen LogP contribution in [0.2, 0.25) is 0 Å². The number of carbonyl (C=O) groups excluding carboxylic acids is 2. The predicted molar refractivity (Wildman–Crippen MR) is 68.0 cm³/mol. The maximum absolute atomic E-state index is 11.6. The molecule has 0 radical (unpaired) electrons. The second-order valence-corrected chi connectivity index (χ2v) is 4.23. The minimum Gasteiger partial charge on any atom is -0.456 e. The third-order valence-electron chi connectivity index (χ3n) is 2.60. The molecule has 0 aliphatic heterocycles. The number of primary amides is 1. The van der Waals surface area contributed by atoms with Crippen LogP contribution in [0.25, 0.3) is 0 Å². The first-order valence-electron chi connectivity index (χ1n) is 5.91. The van der Waals surface area contributed by atoms with E-state index in [1.54, 1.807) is 0 Å². The molecule has 0 saturated heterocycles. The van der Waals surface area contributed by atoms with Crippen LogP contribution in [-0.2, 0) is 20.9 Å². The first-order chi connectivity index (χ1) is 9.40. The number of nitrogens with two attached hydrogens (primary N) is 1. The number of esters is 1. The molecule has 0 unspecified atom stereocenters. The summed E-state index contributed by atoms with van der Waals surface area (Å²) < 4.78 is 5.00. The third-order valence-corrected chi connectivity index (χ3v) is 2.60. The van der Waals surface area contributed by atoms with Crippen molar-refractivity contribution in [3.8, 4) is 0 Å². The zero-order chi connectivity index (χ0) is 15.1. The van der Waals surface area contributed by atoms with Gasteiger partial charge in [-0.25, -0.2) is 4.79 Å². The van der Waals surface area contributed by atoms with E-state index in [1.165, 1.54) is 24.3 Å². The lowest BCUT2D eigenvalue weighted by atomic mass is 10.1. The molecule has 0 bridgehead atoms. The van der Waals surface area contributed by atoms with Crippen molar-refractivity contribution in [1.82, 2.24) is 0 Å². The standard InChI is InChI=1S/C12H15N3O5/c13-10(5-6-11(14)16)12(17)20-7-8-1-3-9(4-2-8)15(18)19/h1-4,10H,5-7,13H2,(H2,14,16)/p+1/t10-/m0/s1. The zero-order valence-corrected chi connectivity index (χ0v) is 10.8. The average molecular weight is 282 g/mol. The number of hydrogen-bond acceptors (Lipinski definition) is 5. The van der Waals surface area contributed by atoms with Gasteiger partial charge in [-0.2, -0.15) is 0 Å². The Morgan fingerprint density at radius 1 is 1.35 bits per heavy atom. The van der Waals surface area contributed by atoms with Gasteiger partial charge in [0.1, 0.15) is 6.61 Å². The summed E-state index contributed by atoms with van der Waals surface area (Å²) in [5.41, 5.74) is 9.16. The van der Waals surface area contributed by atoms with E-state index in [-0.39, 0.29) is 25.1 Å². The molecule has 5 N–H and O–H groups in total. The maximum atomic E-state index is 11.6. The number of nitro groups is 1. The number of carbonyl (C=O) groups is 2. The molecule has 108 valence electrons. The van der Waals surface area contributed by atoms with Crippen molar-refractivity contribution in [2.24, 2.45) is 5.73 Å². The molecular weight excluding hydrogens is 266 g/mol. The largest absolute Gasteiger partial charge is 0.456 e. The van der Waals surface area contributed by atoms with Gasteiger partial charge >= 0.3 is 5.97 Å². The summed E-state index contributed by atoms with van der Waals surface area (Å²) in [5, 5.41) is 10.5. The highest BCUT2D eigenvalue weighted by atomic mass is 16.6. The van der Waals surface area contributed by atoms with E-state index in [4.69, 9.17) is 10.5 Å². The molecule has 0 heterocycles. The second-order valence-electron chi connectivity index (χ2n) is 4.23. The Morgan fingerprint density at radius 2 is 1.95 bits per heavy atom. The molecule has 1 rings (SSSR count). The van der Waals surface area contributed by atoms with Gasteiger partial charge in [0.25, 0.3) is 5.69 Å². The molecule has 1 aromatic rings. The van der Waals surface area contributed by atoms with Gasteiger partial charge in [-0.05, 0) is 17.7 Å². The zero-order valence-electron chi connectivity index (χ0n) is 10.8. The van der Waals surface area contributed by atoms with Gasteiger partial charge in [-0.15, -0.1) is 0 Å². The quantitative estimate of drug-likeness (QED) is 0.394. The van der Waals surface area contributed by atoms with Crippen LogP contribution in [0.4, 0.5) is 5.69 Å². The molecular formula is C12H16N3O5+. The van der Waals surface area contributed by atoms with E-state index in [2.05, 4.69) is 5.73 Å². The fourth-order valence-corrected chi connectivity index (χ4v) is 1.42. The molecule has 1 atom stereocenters. The number of ether oxygens (including phenoxy) is 1. The van der Waals surface area contributed by atoms with E-state index in [0.717, 1.165) is 0 Å². The Morgan fingerprint density at radius 3 is 2.45 bits per heavy atom. The molecule has 0 aromatic heterocycles. The van der Waals surface area contributed by atoms with E-state index in [1.807, 2.05) is 0 Å². The summed E-state index contributed by atoms with van der Waals surface area (Å²) in [6.45, 7) is -0.000576. The number of nitro benzene ring substituents is 1. The lowest BCUT2D eigenvalue weighted by Gasteiger charge is -2.08. The van der Waals surface area contributed by atoms with Crippen molar-refractivity contribution in [3.05, 3.63) is 39.9 Å². The molecule has 0 spiro atoms. The first-order valence-corrected chi connectivity index (χ1v) is 5.91. The fourth-order valence-electron chi connectivity index (χ4n) is 1.42. The van der Waals surface area contributed by atoms with Crippen molar-refractivity contribution >= 4 is 17.6 Å². The van der Waals surface area contributed by atoms with E-state index in [0.29, 0.717) is 5.56 Å². The van der Waals surface area contributed by atoms with Crippen molar-refractivity contribution in [1.29, 1.82) is 0 Å². The van der Waals surface area contributed by atoms with Gasteiger partial charge in [-0.3, -0.25) is 14.9 Å². The predicted octanol–water partition coefficient (Wildman–Crippen LogP) is -0.486. The van der Waals surface area contributed by atoms with Crippen LogP contribution in [0.1, 0.15) is 18.4 Å². The molecule has 0 fully saturated rings. The van der Waals surface area contributed by atoms with Crippen molar-refractivity contribution in [2.75, 3.05) is 0 Å². The number of non-ortho nitro benzene ring substituents is 1. The van der Waals surface area contributed by atoms with Gasteiger partial charge in [0.05, 0.1) is 4.92 Å². The summed E-state index contributed by atoms with van der Waals surface area (Å²) in [6.07, 6.45) is 0.301. The summed E-state index contributed by atoms with van der Waals surface area (Å²) in [6, 6.07) is 5.01. The van der Waals surface area contributed by atoms with Crippen LogP contribution in [0.5, 0.6) is 0 Å². The number of benzene rings is 1. The normalized spacial score (nSPS) is 11.7. The highest BCUT2D eigenvalue weighted by Crippen LogP contribution is 2.12. The van der Waals surface area contributed by atoms with Gasteiger partial charge in [0.2, 0.25) is 5.91 Å². The Labute approximate surface area is 114 Å². The van der Waals surface area contributed by atoms with E-state index < -0.39 is 22.8 Å². The number of rotatable bonds is 7. The summed E-state index contributed by atoms with van der Waals surface area (Å²) in [4.78, 5) is 32.1. The fraction of sp³-hybridized carbons (Fsp3) is 0.333. The van der Waals surface area contributed by atoms with Crippen molar-refractivity contribution in [2.45, 2.75) is 25.5 Å². The first kappa shape index (κ1) is 15.6. The summed E-state index contributed by atoms with van der Waals surface area (Å²) in [5.74, 6) is -1.04. The van der Waals surface area contributed by atoms with Crippen LogP contribution >= 0.6 is 0 Å². The van der Waals surface area contributed by atoms with Crippen molar-refractivity contribution < 1.29 is 25.0 Å². The summed E-state index contributed by atoms with van der Waals surface area (Å²) >= 11 is 0. The molecule has 0 saturated carbocycles. The molecule has 8 heteroatoms. The lowest BCUT2D eigenvalue weighted by Crippen LogP contribution is -2.65. The topological polar surface area (TPSA) is 140 Å². The molecule has 1 amide bonds. The van der Waals surface area contributed by atoms with Crippen LogP contribution in [0.3, 0.4) is 0 Å². The molecule has 0 aliphatic carbocycles. The molecule has 1 aromatic carbocycles. The number of quaternary nitrogens is 1. The maximum Gasteiger partial charge on any atom is 0.365 e. The Hall–Kier alpha value is -2.48. The monoisotopic (exact) mass is 282 g/mol. The van der Waals surface area contributed by atoms with E-state index in [9.17, 15) is 19.7 Å². The molecule has 0 aliphatic rings. The SMILES string of the molecule is NC(=O)CC[C@H]([NH3+])C(=O)OCc1ccc([N+](=O)[O-])cc1. The second kappa shape index (κ2) is 7.19. The van der Waals surface area contributed by atoms with Crippen LogP contribution in [0.15, 0.2) is 24.3 Å². The average Bonchev–Trinajstić information content (AvgIpc) is 2.42. The Balaban J connectivity index is 2.44.